The van der Waals surface area contributed by atoms with Crippen molar-refractivity contribution in [1.82, 2.24) is 9.80 Å². The summed E-state index contributed by atoms with van der Waals surface area (Å²) < 4.78 is 11.0. The quantitative estimate of drug-likeness (QED) is 0.840. The lowest BCUT2D eigenvalue weighted by Crippen LogP contribution is -2.54. The Morgan fingerprint density at radius 2 is 1.82 bits per heavy atom. The molecule has 2 fully saturated rings. The predicted octanol–water partition coefficient (Wildman–Crippen LogP) is 2.98. The van der Waals surface area contributed by atoms with E-state index in [2.05, 4.69) is 0 Å². The summed E-state index contributed by atoms with van der Waals surface area (Å²) in [6.07, 6.45) is 1.06. The molecular weight excluding hydrogens is 358 g/mol. The smallest absolute Gasteiger partial charge is 0.410 e. The van der Waals surface area contributed by atoms with Gasteiger partial charge in [0.05, 0.1) is 0 Å². The first-order valence-corrected chi connectivity index (χ1v) is 9.88. The van der Waals surface area contributed by atoms with Gasteiger partial charge in [-0.1, -0.05) is 30.3 Å². The average Bonchev–Trinajstić information content (AvgIpc) is 2.95. The van der Waals surface area contributed by atoms with E-state index in [1.165, 1.54) is 0 Å². The highest BCUT2D eigenvalue weighted by atomic mass is 16.6. The van der Waals surface area contributed by atoms with Gasteiger partial charge in [0.15, 0.2) is 0 Å². The zero-order valence-corrected chi connectivity index (χ0v) is 17.0. The minimum Gasteiger partial charge on any atom is -0.445 e. The number of amides is 2. The highest BCUT2D eigenvalue weighted by Gasteiger charge is 2.50. The topological polar surface area (TPSA) is 85.1 Å². The third kappa shape index (κ3) is 4.76. The van der Waals surface area contributed by atoms with E-state index >= 15 is 0 Å². The minimum absolute atomic E-state index is 0.193. The van der Waals surface area contributed by atoms with Crippen LogP contribution in [0.15, 0.2) is 30.3 Å². The maximum Gasteiger partial charge on any atom is 0.410 e. The van der Waals surface area contributed by atoms with Gasteiger partial charge in [-0.2, -0.15) is 0 Å². The third-order valence-electron chi connectivity index (χ3n) is 5.43. The number of hydrogen-bond acceptors (Lipinski definition) is 5. The molecule has 7 heteroatoms. The second kappa shape index (κ2) is 7.99. The molecule has 154 valence electrons. The Kier molecular flexibility index (Phi) is 5.84. The van der Waals surface area contributed by atoms with Gasteiger partial charge in [-0.25, -0.2) is 9.59 Å². The molecule has 0 bridgehead atoms. The van der Waals surface area contributed by atoms with E-state index in [-0.39, 0.29) is 30.3 Å². The largest absolute Gasteiger partial charge is 0.445 e. The molecule has 2 heterocycles. The maximum absolute atomic E-state index is 12.5. The van der Waals surface area contributed by atoms with E-state index in [0.717, 1.165) is 18.4 Å². The van der Waals surface area contributed by atoms with Crippen LogP contribution < -0.4 is 5.73 Å². The van der Waals surface area contributed by atoms with Crippen LogP contribution in [0.25, 0.3) is 0 Å². The van der Waals surface area contributed by atoms with Gasteiger partial charge < -0.3 is 25.0 Å². The fraction of sp³-hybridized carbons (Fsp3) is 0.619. The summed E-state index contributed by atoms with van der Waals surface area (Å²) >= 11 is 0. The van der Waals surface area contributed by atoms with Gasteiger partial charge in [-0.15, -0.1) is 0 Å². The Hall–Kier alpha value is -2.28. The number of carbonyl (C=O) groups is 2. The number of nitrogens with zero attached hydrogens (tertiary/aromatic N) is 2. The summed E-state index contributed by atoms with van der Waals surface area (Å²) in [4.78, 5) is 28.4. The van der Waals surface area contributed by atoms with Crippen molar-refractivity contribution in [3.05, 3.63) is 35.9 Å². The van der Waals surface area contributed by atoms with Crippen LogP contribution in [0.3, 0.4) is 0 Å². The van der Waals surface area contributed by atoms with Crippen LogP contribution in [0.1, 0.15) is 39.2 Å². The van der Waals surface area contributed by atoms with E-state index in [1.807, 2.05) is 51.1 Å². The van der Waals surface area contributed by atoms with Crippen LogP contribution in [0.5, 0.6) is 0 Å². The van der Waals surface area contributed by atoms with Crippen LogP contribution in [0.2, 0.25) is 0 Å². The number of likely N-dealkylation sites (tertiary alicyclic amines) is 2. The first-order chi connectivity index (χ1) is 13.2. The minimum atomic E-state index is -0.535. The zero-order valence-electron chi connectivity index (χ0n) is 17.0. The Morgan fingerprint density at radius 1 is 1.14 bits per heavy atom. The van der Waals surface area contributed by atoms with E-state index in [4.69, 9.17) is 15.2 Å². The number of carbonyl (C=O) groups excluding carboxylic acids is 2. The lowest BCUT2D eigenvalue weighted by molar-refractivity contribution is 0.00351. The second-order valence-corrected chi connectivity index (χ2v) is 8.90. The van der Waals surface area contributed by atoms with Gasteiger partial charge in [0.1, 0.15) is 12.2 Å². The molecule has 2 saturated heterocycles. The molecule has 0 radical (unpaired) electrons. The molecule has 1 spiro atoms. The molecule has 0 aromatic heterocycles. The normalized spacial score (nSPS) is 25.1. The Morgan fingerprint density at radius 3 is 2.50 bits per heavy atom. The van der Waals surface area contributed by atoms with Crippen molar-refractivity contribution in [2.45, 2.75) is 51.9 Å². The number of benzene rings is 1. The molecular formula is C21H31N3O4. The van der Waals surface area contributed by atoms with Gasteiger partial charge >= 0.3 is 12.2 Å². The molecule has 2 aliphatic heterocycles. The number of nitrogens with two attached hydrogens (primary N) is 1. The van der Waals surface area contributed by atoms with E-state index in [1.54, 1.807) is 9.80 Å². The highest BCUT2D eigenvalue weighted by Crippen LogP contribution is 2.39. The first-order valence-electron chi connectivity index (χ1n) is 9.88. The monoisotopic (exact) mass is 389 g/mol. The van der Waals surface area contributed by atoms with Crippen LogP contribution in [0.4, 0.5) is 9.59 Å². The van der Waals surface area contributed by atoms with E-state index in [9.17, 15) is 9.59 Å². The second-order valence-electron chi connectivity index (χ2n) is 8.90. The number of hydrogen-bond donors (Lipinski definition) is 1. The fourth-order valence-electron chi connectivity index (χ4n) is 4.02. The molecule has 2 aliphatic rings. The summed E-state index contributed by atoms with van der Waals surface area (Å²) in [6.45, 7) is 7.91. The molecule has 7 nitrogen and oxygen atoms in total. The summed E-state index contributed by atoms with van der Waals surface area (Å²) in [5, 5.41) is 0. The summed E-state index contributed by atoms with van der Waals surface area (Å²) in [5.41, 5.74) is 6.55. The van der Waals surface area contributed by atoms with E-state index < -0.39 is 5.60 Å². The van der Waals surface area contributed by atoms with Crippen molar-refractivity contribution < 1.29 is 19.1 Å². The molecule has 1 aromatic rings. The number of ether oxygens (including phenoxy) is 2. The molecule has 1 aromatic carbocycles. The summed E-state index contributed by atoms with van der Waals surface area (Å²) in [6, 6.07) is 9.40. The van der Waals surface area contributed by atoms with Crippen LogP contribution >= 0.6 is 0 Å². The first kappa shape index (κ1) is 20.5. The predicted molar refractivity (Wildman–Crippen MR) is 106 cm³/mol. The maximum atomic E-state index is 12.5. The SMILES string of the molecule is CC(C)(C)OC(=O)N1CCCC2(CN(C(=O)OCc3ccccc3)C[C@@H]2N)C1. The van der Waals surface area contributed by atoms with Crippen molar-refractivity contribution in [2.75, 3.05) is 26.2 Å². The van der Waals surface area contributed by atoms with Gasteiger partial charge in [-0.05, 0) is 39.2 Å². The molecule has 0 saturated carbocycles. The van der Waals surface area contributed by atoms with Crippen molar-refractivity contribution >= 4 is 12.2 Å². The third-order valence-corrected chi connectivity index (χ3v) is 5.43. The lowest BCUT2D eigenvalue weighted by atomic mass is 9.76. The fourth-order valence-corrected chi connectivity index (χ4v) is 4.02. The summed E-state index contributed by atoms with van der Waals surface area (Å²) in [7, 11) is 0. The Labute approximate surface area is 166 Å². The molecule has 3 rings (SSSR count). The number of rotatable bonds is 2. The highest BCUT2D eigenvalue weighted by molar-refractivity contribution is 5.69. The van der Waals surface area contributed by atoms with Crippen molar-refractivity contribution in [3.63, 3.8) is 0 Å². The van der Waals surface area contributed by atoms with Crippen LogP contribution in [-0.2, 0) is 16.1 Å². The van der Waals surface area contributed by atoms with Gasteiger partial charge in [0.25, 0.3) is 0 Å². The molecule has 2 amide bonds. The van der Waals surface area contributed by atoms with Crippen molar-refractivity contribution in [1.29, 1.82) is 0 Å². The lowest BCUT2D eigenvalue weighted by Gasteiger charge is -2.42. The van der Waals surface area contributed by atoms with Gasteiger partial charge in [-0.3, -0.25) is 0 Å². The standard InChI is InChI=1S/C21H31N3O4/c1-20(2,3)28-19(26)23-11-7-10-21(14-23)15-24(12-17(21)22)18(25)27-13-16-8-5-4-6-9-16/h4-6,8-9,17H,7,10-15,22H2,1-3H3/t17-,21?/m0/s1. The van der Waals surface area contributed by atoms with Crippen molar-refractivity contribution in [3.8, 4) is 0 Å². The van der Waals surface area contributed by atoms with Gasteiger partial charge in [0.2, 0.25) is 0 Å². The van der Waals surface area contributed by atoms with Crippen molar-refractivity contribution in [2.24, 2.45) is 11.1 Å². The molecule has 1 unspecified atom stereocenters. The molecule has 28 heavy (non-hydrogen) atoms. The van der Waals surface area contributed by atoms with Crippen LogP contribution in [-0.4, -0.2) is 59.8 Å². The summed E-state index contributed by atoms with van der Waals surface area (Å²) in [5.74, 6) is 0. The van der Waals surface area contributed by atoms with E-state index in [0.29, 0.717) is 26.2 Å². The molecule has 2 atom stereocenters. The zero-order chi connectivity index (χ0) is 20.4. The molecule has 0 aliphatic carbocycles. The Bertz CT molecular complexity index is 703. The average molecular weight is 389 g/mol. The molecule has 2 N–H and O–H groups in total. The van der Waals surface area contributed by atoms with Crippen LogP contribution in [0, 0.1) is 5.41 Å². The number of piperidine rings is 1. The Balaban J connectivity index is 1.60. The van der Waals surface area contributed by atoms with Gasteiger partial charge in [0, 0.05) is 37.6 Å².